The van der Waals surface area contributed by atoms with E-state index in [2.05, 4.69) is 18.7 Å². The summed E-state index contributed by atoms with van der Waals surface area (Å²) >= 11 is 0. The van der Waals surface area contributed by atoms with E-state index in [9.17, 15) is 25.4 Å². The zero-order chi connectivity index (χ0) is 30.8. The van der Waals surface area contributed by atoms with Crippen LogP contribution in [0.3, 0.4) is 0 Å². The lowest BCUT2D eigenvalue weighted by Crippen LogP contribution is -2.42. The molecule has 0 aromatic heterocycles. The summed E-state index contributed by atoms with van der Waals surface area (Å²) < 4.78 is 5.30. The van der Waals surface area contributed by atoms with Crippen molar-refractivity contribution in [1.29, 1.82) is 5.41 Å². The molecule has 43 heavy (non-hydrogen) atoms. The lowest BCUT2D eigenvalue weighted by molar-refractivity contribution is -0.384. The van der Waals surface area contributed by atoms with Gasteiger partial charge >= 0.3 is 0 Å². The standard InChI is InChI=1S/C34H36N4O5/c1-5-36(6-2)24-16-11-22(12-17-24)30-31-27(8-7-9-29(31)39)37(28-20-25(38(41)42)15-10-21(28)3)34(35)32(30)33(40)23-13-18-26(43-4)19-14-23/h10-20,30,35,40H,5-9H2,1-4H3/b33-32+,35-34?. The normalized spacial score (nSPS) is 18.0. The molecule has 3 aromatic rings. The number of Topliss-reactive ketones (excluding diaryl/α,β-unsaturated/α-hetero) is 1. The van der Waals surface area contributed by atoms with E-state index in [4.69, 9.17) is 4.74 Å². The summed E-state index contributed by atoms with van der Waals surface area (Å²) in [6, 6.07) is 19.4. The molecule has 0 spiro atoms. The molecule has 0 bridgehead atoms. The summed E-state index contributed by atoms with van der Waals surface area (Å²) in [5, 5.41) is 33.2. The second-order valence-corrected chi connectivity index (χ2v) is 10.7. The number of nitrogens with zero attached hydrogens (tertiary/aromatic N) is 3. The van der Waals surface area contributed by atoms with Gasteiger partial charge in [0.15, 0.2) is 5.78 Å². The van der Waals surface area contributed by atoms with Crippen molar-refractivity contribution in [2.24, 2.45) is 0 Å². The number of non-ortho nitro benzene ring substituents is 1. The number of aliphatic hydroxyl groups is 1. The first-order valence-electron chi connectivity index (χ1n) is 14.5. The number of hydrogen-bond donors (Lipinski definition) is 2. The Balaban J connectivity index is 1.80. The Labute approximate surface area is 251 Å². The first-order valence-corrected chi connectivity index (χ1v) is 14.5. The van der Waals surface area contributed by atoms with Gasteiger partial charge in [0.05, 0.1) is 17.7 Å². The second-order valence-electron chi connectivity index (χ2n) is 10.7. The second kappa shape index (κ2) is 12.1. The molecular formula is C34H36N4O5. The van der Waals surface area contributed by atoms with E-state index in [1.165, 1.54) is 12.1 Å². The lowest BCUT2D eigenvalue weighted by atomic mass is 9.73. The third-order valence-corrected chi connectivity index (χ3v) is 8.37. The third kappa shape index (κ3) is 5.38. The minimum Gasteiger partial charge on any atom is -0.507 e. The van der Waals surface area contributed by atoms with Crippen LogP contribution in [0.5, 0.6) is 5.75 Å². The number of ketones is 1. The topological polar surface area (TPSA) is 120 Å². The number of rotatable bonds is 8. The molecule has 0 saturated carbocycles. The highest BCUT2D eigenvalue weighted by atomic mass is 16.6. The van der Waals surface area contributed by atoms with Crippen LogP contribution in [0.25, 0.3) is 5.76 Å². The summed E-state index contributed by atoms with van der Waals surface area (Å²) in [4.78, 5) is 28.9. The fraction of sp³-hybridized carbons (Fsp3) is 0.294. The molecule has 0 saturated heterocycles. The third-order valence-electron chi connectivity index (χ3n) is 8.37. The molecule has 1 atom stereocenters. The molecule has 0 radical (unpaired) electrons. The number of nitro groups is 1. The first-order chi connectivity index (χ1) is 20.7. The van der Waals surface area contributed by atoms with Crippen LogP contribution < -0.4 is 14.5 Å². The minimum absolute atomic E-state index is 0.0248. The number of methoxy groups -OCH3 is 1. The number of nitro benzene ring substituents is 1. The Bertz CT molecular complexity index is 1640. The SMILES string of the molecule is CCN(CC)c1ccc(C2C3=C(CCCC3=O)N(c3cc([N+](=O)[O-])ccc3C)C(=N)/C2=C(/O)c2ccc(OC)cc2)cc1. The van der Waals surface area contributed by atoms with Gasteiger partial charge in [0.25, 0.3) is 5.69 Å². The Hall–Kier alpha value is -4.92. The van der Waals surface area contributed by atoms with Gasteiger partial charge in [0.2, 0.25) is 0 Å². The molecule has 0 fully saturated rings. The summed E-state index contributed by atoms with van der Waals surface area (Å²) in [5.41, 5.74) is 4.76. The zero-order valence-corrected chi connectivity index (χ0v) is 24.9. The van der Waals surface area contributed by atoms with Crippen molar-refractivity contribution < 1.29 is 19.6 Å². The van der Waals surface area contributed by atoms with E-state index in [-0.39, 0.29) is 28.6 Å². The van der Waals surface area contributed by atoms with Crippen LogP contribution in [0.15, 0.2) is 83.6 Å². The number of allylic oxidation sites excluding steroid dienone is 2. The van der Waals surface area contributed by atoms with Crippen molar-refractivity contribution in [3.05, 3.63) is 110 Å². The van der Waals surface area contributed by atoms with Crippen LogP contribution >= 0.6 is 0 Å². The maximum atomic E-state index is 13.8. The van der Waals surface area contributed by atoms with Crippen LogP contribution in [0.1, 0.15) is 55.7 Å². The van der Waals surface area contributed by atoms with Gasteiger partial charge in [-0.25, -0.2) is 0 Å². The number of carbonyl (C=O) groups is 1. The van der Waals surface area contributed by atoms with E-state index in [1.807, 2.05) is 31.2 Å². The van der Waals surface area contributed by atoms with Gasteiger partial charge < -0.3 is 14.7 Å². The summed E-state index contributed by atoms with van der Waals surface area (Å²) in [5.74, 6) is -0.296. The summed E-state index contributed by atoms with van der Waals surface area (Å²) in [7, 11) is 1.56. The first kappa shape index (κ1) is 29.6. The lowest BCUT2D eigenvalue weighted by Gasteiger charge is -2.42. The maximum absolute atomic E-state index is 13.8. The summed E-state index contributed by atoms with van der Waals surface area (Å²) in [6.07, 6.45) is 1.47. The predicted octanol–water partition coefficient (Wildman–Crippen LogP) is 7.32. The molecule has 2 N–H and O–H groups in total. The number of ether oxygens (including phenoxy) is 1. The average molecular weight is 581 g/mol. The van der Waals surface area contributed by atoms with Crippen molar-refractivity contribution in [2.75, 3.05) is 30.0 Å². The van der Waals surface area contributed by atoms with Gasteiger partial charge in [-0.3, -0.25) is 25.2 Å². The molecule has 0 amide bonds. The van der Waals surface area contributed by atoms with Crippen LogP contribution in [0, 0.1) is 22.4 Å². The number of benzene rings is 3. The largest absolute Gasteiger partial charge is 0.507 e. The fourth-order valence-corrected chi connectivity index (χ4v) is 6.11. The molecule has 222 valence electrons. The highest BCUT2D eigenvalue weighted by Gasteiger charge is 2.43. The predicted molar refractivity (Wildman–Crippen MR) is 169 cm³/mol. The van der Waals surface area contributed by atoms with Gasteiger partial charge in [-0.1, -0.05) is 18.2 Å². The maximum Gasteiger partial charge on any atom is 0.271 e. The van der Waals surface area contributed by atoms with Gasteiger partial charge in [0, 0.05) is 65.7 Å². The monoisotopic (exact) mass is 580 g/mol. The van der Waals surface area contributed by atoms with Crippen molar-refractivity contribution in [1.82, 2.24) is 0 Å². The van der Waals surface area contributed by atoms with Gasteiger partial charge in [-0.15, -0.1) is 0 Å². The fourth-order valence-electron chi connectivity index (χ4n) is 6.11. The molecule has 1 aliphatic heterocycles. The van der Waals surface area contributed by atoms with E-state index >= 15 is 0 Å². The van der Waals surface area contributed by atoms with E-state index in [0.717, 1.165) is 24.3 Å². The van der Waals surface area contributed by atoms with E-state index < -0.39 is 10.8 Å². The number of amidine groups is 1. The number of aryl methyl sites for hydroxylation is 1. The van der Waals surface area contributed by atoms with E-state index in [1.54, 1.807) is 42.3 Å². The number of anilines is 2. The molecule has 2 aliphatic rings. The molecule has 9 heteroatoms. The van der Waals surface area contributed by atoms with Crippen molar-refractivity contribution in [3.63, 3.8) is 0 Å². The zero-order valence-electron chi connectivity index (χ0n) is 24.9. The number of carbonyl (C=O) groups excluding carboxylic acids is 1. The van der Waals surface area contributed by atoms with Crippen LogP contribution in [-0.4, -0.2) is 41.8 Å². The quantitative estimate of drug-likeness (QED) is 0.163. The van der Waals surface area contributed by atoms with Crippen molar-refractivity contribution >= 4 is 34.4 Å². The van der Waals surface area contributed by atoms with Crippen LogP contribution in [0.4, 0.5) is 17.1 Å². The van der Waals surface area contributed by atoms with Crippen molar-refractivity contribution in [3.8, 4) is 5.75 Å². The Kier molecular flexibility index (Phi) is 8.34. The van der Waals surface area contributed by atoms with Gasteiger partial charge in [0.1, 0.15) is 17.3 Å². The molecule has 9 nitrogen and oxygen atoms in total. The number of nitrogens with one attached hydrogen (secondary N) is 1. The van der Waals surface area contributed by atoms with Crippen molar-refractivity contribution in [2.45, 2.75) is 46.0 Å². The van der Waals surface area contributed by atoms with Crippen LogP contribution in [0.2, 0.25) is 0 Å². The molecule has 5 rings (SSSR count). The highest BCUT2D eigenvalue weighted by Crippen LogP contribution is 2.49. The summed E-state index contributed by atoms with van der Waals surface area (Å²) in [6.45, 7) is 7.70. The Morgan fingerprint density at radius 3 is 2.35 bits per heavy atom. The van der Waals surface area contributed by atoms with Gasteiger partial charge in [-0.05, 0) is 81.1 Å². The molecular weight excluding hydrogens is 544 g/mol. The number of aliphatic hydroxyl groups excluding tert-OH is 1. The smallest absolute Gasteiger partial charge is 0.271 e. The average Bonchev–Trinajstić information content (AvgIpc) is 3.02. The molecule has 1 unspecified atom stereocenters. The van der Waals surface area contributed by atoms with E-state index in [0.29, 0.717) is 53.1 Å². The molecule has 3 aromatic carbocycles. The van der Waals surface area contributed by atoms with Gasteiger partial charge in [-0.2, -0.15) is 0 Å². The highest BCUT2D eigenvalue weighted by molar-refractivity contribution is 6.20. The molecule has 1 aliphatic carbocycles. The minimum atomic E-state index is -0.696. The Morgan fingerprint density at radius 1 is 1.07 bits per heavy atom. The van der Waals surface area contributed by atoms with Crippen LogP contribution in [-0.2, 0) is 4.79 Å². The Morgan fingerprint density at radius 2 is 1.74 bits per heavy atom. The molecule has 1 heterocycles. The number of hydrogen-bond acceptors (Lipinski definition) is 7.